The highest BCUT2D eigenvalue weighted by atomic mass is 16.6. The van der Waals surface area contributed by atoms with Crippen molar-refractivity contribution in [3.63, 3.8) is 0 Å². The smallest absolute Gasteiger partial charge is 0.306 e. The Kier molecular flexibility index (Phi) is 4.99. The van der Waals surface area contributed by atoms with Crippen LogP contribution in [0.15, 0.2) is 24.3 Å². The molecular formula is C12H14N2O5. The first kappa shape index (κ1) is 14.6. The first-order valence-electron chi connectivity index (χ1n) is 5.68. The van der Waals surface area contributed by atoms with Gasteiger partial charge in [0.15, 0.2) is 6.10 Å². The lowest BCUT2D eigenvalue weighted by atomic mass is 10.2. The topological polar surface area (TPSA) is 98.5 Å². The summed E-state index contributed by atoms with van der Waals surface area (Å²) in [5.41, 5.74) is 0.148. The van der Waals surface area contributed by atoms with Crippen molar-refractivity contribution in [1.29, 1.82) is 0 Å². The molecular weight excluding hydrogens is 252 g/mol. The monoisotopic (exact) mass is 266 g/mol. The van der Waals surface area contributed by atoms with Gasteiger partial charge in [-0.3, -0.25) is 19.7 Å². The number of hydrogen-bond donors (Lipinski definition) is 1. The van der Waals surface area contributed by atoms with Gasteiger partial charge in [0.05, 0.1) is 4.92 Å². The first-order valence-corrected chi connectivity index (χ1v) is 5.68. The molecule has 0 aliphatic heterocycles. The van der Waals surface area contributed by atoms with E-state index in [9.17, 15) is 19.7 Å². The molecule has 1 unspecified atom stereocenters. The minimum absolute atomic E-state index is 0.129. The SMILES string of the molecule is CCC(=O)OC(C)C(=O)Nc1cccc([N+](=O)[O-])c1. The Morgan fingerprint density at radius 3 is 2.74 bits per heavy atom. The number of nitrogens with one attached hydrogen (secondary N) is 1. The highest BCUT2D eigenvalue weighted by Crippen LogP contribution is 2.17. The van der Waals surface area contributed by atoms with E-state index < -0.39 is 22.9 Å². The van der Waals surface area contributed by atoms with Gasteiger partial charge >= 0.3 is 5.97 Å². The second-order valence-electron chi connectivity index (χ2n) is 3.78. The van der Waals surface area contributed by atoms with Crippen LogP contribution in [0, 0.1) is 10.1 Å². The van der Waals surface area contributed by atoms with E-state index in [1.165, 1.54) is 31.2 Å². The molecule has 0 bridgehead atoms. The summed E-state index contributed by atoms with van der Waals surface area (Å²) < 4.78 is 4.83. The van der Waals surface area contributed by atoms with Crippen molar-refractivity contribution >= 4 is 23.3 Å². The Morgan fingerprint density at radius 1 is 1.47 bits per heavy atom. The lowest BCUT2D eigenvalue weighted by molar-refractivity contribution is -0.384. The summed E-state index contributed by atoms with van der Waals surface area (Å²) in [4.78, 5) is 32.7. The Labute approximate surface area is 109 Å². The van der Waals surface area contributed by atoms with Crippen molar-refractivity contribution in [3.05, 3.63) is 34.4 Å². The maximum atomic E-state index is 11.7. The maximum absolute atomic E-state index is 11.7. The van der Waals surface area contributed by atoms with Crippen LogP contribution in [0.4, 0.5) is 11.4 Å². The molecule has 0 aromatic heterocycles. The molecule has 1 atom stereocenters. The molecule has 0 heterocycles. The van der Waals surface area contributed by atoms with E-state index in [4.69, 9.17) is 4.74 Å². The molecule has 7 nitrogen and oxygen atoms in total. The molecule has 0 radical (unpaired) electrons. The Morgan fingerprint density at radius 2 is 2.16 bits per heavy atom. The molecule has 0 aliphatic rings. The van der Waals surface area contributed by atoms with E-state index in [-0.39, 0.29) is 17.8 Å². The first-order chi connectivity index (χ1) is 8.93. The molecule has 0 saturated carbocycles. The second-order valence-corrected chi connectivity index (χ2v) is 3.78. The lowest BCUT2D eigenvalue weighted by Crippen LogP contribution is -2.29. The zero-order valence-corrected chi connectivity index (χ0v) is 10.6. The van der Waals surface area contributed by atoms with Gasteiger partial charge < -0.3 is 10.1 Å². The predicted octanol–water partition coefficient (Wildman–Crippen LogP) is 1.87. The van der Waals surface area contributed by atoms with Gasteiger partial charge in [-0.25, -0.2) is 0 Å². The van der Waals surface area contributed by atoms with Crippen molar-refractivity contribution in [3.8, 4) is 0 Å². The third-order valence-corrected chi connectivity index (χ3v) is 2.29. The van der Waals surface area contributed by atoms with Gasteiger partial charge in [0.25, 0.3) is 11.6 Å². The third kappa shape index (κ3) is 4.38. The number of benzene rings is 1. The molecule has 1 N–H and O–H groups in total. The van der Waals surface area contributed by atoms with Crippen LogP contribution in [0.5, 0.6) is 0 Å². The summed E-state index contributed by atoms with van der Waals surface area (Å²) in [6.45, 7) is 3.05. The highest BCUT2D eigenvalue weighted by molar-refractivity contribution is 5.95. The molecule has 1 rings (SSSR count). The Balaban J connectivity index is 2.68. The largest absolute Gasteiger partial charge is 0.453 e. The number of nitro groups is 1. The average Bonchev–Trinajstić information content (AvgIpc) is 2.38. The van der Waals surface area contributed by atoms with Crippen LogP contribution in [-0.2, 0) is 14.3 Å². The van der Waals surface area contributed by atoms with Crippen LogP contribution < -0.4 is 5.32 Å². The number of esters is 1. The number of nitro benzene ring substituents is 1. The fourth-order valence-corrected chi connectivity index (χ4v) is 1.28. The van der Waals surface area contributed by atoms with Crippen molar-refractivity contribution in [2.24, 2.45) is 0 Å². The molecule has 19 heavy (non-hydrogen) atoms. The van der Waals surface area contributed by atoms with Crippen molar-refractivity contribution < 1.29 is 19.2 Å². The molecule has 102 valence electrons. The molecule has 1 amide bonds. The fourth-order valence-electron chi connectivity index (χ4n) is 1.28. The minimum atomic E-state index is -0.952. The molecule has 0 aliphatic carbocycles. The number of rotatable bonds is 5. The van der Waals surface area contributed by atoms with E-state index >= 15 is 0 Å². The van der Waals surface area contributed by atoms with Crippen molar-refractivity contribution in [2.75, 3.05) is 5.32 Å². The molecule has 7 heteroatoms. The average molecular weight is 266 g/mol. The number of nitrogens with zero attached hydrogens (tertiary/aromatic N) is 1. The number of hydrogen-bond acceptors (Lipinski definition) is 5. The van der Waals surface area contributed by atoms with Crippen LogP contribution in [0.2, 0.25) is 0 Å². The van der Waals surface area contributed by atoms with Crippen molar-refractivity contribution in [1.82, 2.24) is 0 Å². The summed E-state index contributed by atoms with van der Waals surface area (Å²) in [5, 5.41) is 13.0. The Hall–Kier alpha value is -2.44. The van der Waals surface area contributed by atoms with Gasteiger partial charge in [-0.1, -0.05) is 13.0 Å². The van der Waals surface area contributed by atoms with E-state index in [1.807, 2.05) is 0 Å². The summed E-state index contributed by atoms with van der Waals surface area (Å²) in [7, 11) is 0. The molecule has 0 spiro atoms. The second kappa shape index (κ2) is 6.48. The van der Waals surface area contributed by atoms with Crippen LogP contribution in [0.1, 0.15) is 20.3 Å². The van der Waals surface area contributed by atoms with Crippen LogP contribution in [0.3, 0.4) is 0 Å². The van der Waals surface area contributed by atoms with Gasteiger partial charge in [-0.2, -0.15) is 0 Å². The van der Waals surface area contributed by atoms with Crippen LogP contribution in [-0.4, -0.2) is 22.9 Å². The number of anilines is 1. The summed E-state index contributed by atoms with van der Waals surface area (Å²) >= 11 is 0. The van der Waals surface area contributed by atoms with Gasteiger partial charge in [-0.05, 0) is 13.0 Å². The highest BCUT2D eigenvalue weighted by Gasteiger charge is 2.17. The van der Waals surface area contributed by atoms with Crippen LogP contribution >= 0.6 is 0 Å². The van der Waals surface area contributed by atoms with E-state index in [1.54, 1.807) is 6.92 Å². The number of non-ortho nitro benzene ring substituents is 1. The van der Waals surface area contributed by atoms with Gasteiger partial charge in [0, 0.05) is 24.2 Å². The number of carbonyl (C=O) groups excluding carboxylic acids is 2. The summed E-state index contributed by atoms with van der Waals surface area (Å²) in [6.07, 6.45) is -0.777. The normalized spacial score (nSPS) is 11.5. The van der Waals surface area contributed by atoms with Gasteiger partial charge in [-0.15, -0.1) is 0 Å². The predicted molar refractivity (Wildman–Crippen MR) is 67.6 cm³/mol. The molecule has 1 aromatic rings. The van der Waals surface area contributed by atoms with Crippen LogP contribution in [0.25, 0.3) is 0 Å². The zero-order valence-electron chi connectivity index (χ0n) is 10.6. The van der Waals surface area contributed by atoms with E-state index in [2.05, 4.69) is 5.32 Å². The molecule has 0 saturated heterocycles. The van der Waals surface area contributed by atoms with Crippen molar-refractivity contribution in [2.45, 2.75) is 26.4 Å². The maximum Gasteiger partial charge on any atom is 0.306 e. The minimum Gasteiger partial charge on any atom is -0.453 e. The lowest BCUT2D eigenvalue weighted by Gasteiger charge is -2.12. The standard InChI is InChI=1S/C12H14N2O5/c1-3-11(15)19-8(2)12(16)13-9-5-4-6-10(7-9)14(17)18/h4-8H,3H2,1-2H3,(H,13,16). The number of carbonyl (C=O) groups is 2. The Bertz CT molecular complexity index is 501. The van der Waals surface area contributed by atoms with E-state index in [0.29, 0.717) is 0 Å². The molecule has 0 fully saturated rings. The van der Waals surface area contributed by atoms with Gasteiger partial charge in [0.1, 0.15) is 0 Å². The zero-order chi connectivity index (χ0) is 14.4. The van der Waals surface area contributed by atoms with E-state index in [0.717, 1.165) is 0 Å². The van der Waals surface area contributed by atoms with Gasteiger partial charge in [0.2, 0.25) is 0 Å². The third-order valence-electron chi connectivity index (χ3n) is 2.29. The number of ether oxygens (including phenoxy) is 1. The quantitative estimate of drug-likeness (QED) is 0.498. The summed E-state index contributed by atoms with van der Waals surface area (Å²) in [6, 6.07) is 5.51. The molecule has 1 aromatic carbocycles. The fraction of sp³-hybridized carbons (Fsp3) is 0.333. The number of amides is 1. The summed E-state index contributed by atoms with van der Waals surface area (Å²) in [5.74, 6) is -1.02.